The van der Waals surface area contributed by atoms with Crippen LogP contribution in [0.2, 0.25) is 0 Å². The summed E-state index contributed by atoms with van der Waals surface area (Å²) in [4.78, 5) is 24.2. The van der Waals surface area contributed by atoms with Crippen LogP contribution in [0.4, 0.5) is 0 Å². The van der Waals surface area contributed by atoms with Crippen LogP contribution in [-0.4, -0.2) is 32.6 Å². The molecule has 3 rings (SSSR count). The average molecular weight is 399 g/mol. The van der Waals surface area contributed by atoms with Crippen molar-refractivity contribution in [1.82, 2.24) is 16.2 Å². The molecule has 0 aliphatic heterocycles. The summed E-state index contributed by atoms with van der Waals surface area (Å²) < 4.78 is 11.5. The van der Waals surface area contributed by atoms with E-state index in [4.69, 9.17) is 9.47 Å². The Hall–Kier alpha value is -3.10. The Labute approximate surface area is 166 Å². The normalized spacial score (nSPS) is 10.5. The predicted octanol–water partition coefficient (Wildman–Crippen LogP) is 2.47. The minimum Gasteiger partial charge on any atom is -0.493 e. The van der Waals surface area contributed by atoms with E-state index in [2.05, 4.69) is 27.6 Å². The fraction of sp³-hybridized carbons (Fsp3) is 0.200. The van der Waals surface area contributed by atoms with Gasteiger partial charge in [0, 0.05) is 16.8 Å². The van der Waals surface area contributed by atoms with Crippen molar-refractivity contribution in [3.63, 3.8) is 0 Å². The lowest BCUT2D eigenvalue weighted by molar-refractivity contribution is -0.121. The van der Waals surface area contributed by atoms with E-state index >= 15 is 0 Å². The van der Waals surface area contributed by atoms with Crippen molar-refractivity contribution in [3.8, 4) is 11.5 Å². The molecule has 28 heavy (non-hydrogen) atoms. The molecule has 0 unspecified atom stereocenters. The first-order chi connectivity index (χ1) is 13.6. The Morgan fingerprint density at radius 2 is 1.82 bits per heavy atom. The molecule has 0 atom stereocenters. The number of hydrazine groups is 1. The molecule has 0 saturated carbocycles. The van der Waals surface area contributed by atoms with Crippen LogP contribution in [0.15, 0.2) is 47.8 Å². The lowest BCUT2D eigenvalue weighted by atomic mass is 10.2. The Morgan fingerprint density at radius 3 is 2.61 bits per heavy atom. The second-order valence-corrected chi connectivity index (χ2v) is 6.82. The molecule has 1 heterocycles. The summed E-state index contributed by atoms with van der Waals surface area (Å²) in [6.07, 6.45) is 0. The minimum atomic E-state index is -0.375. The molecule has 2 aromatic carbocycles. The summed E-state index contributed by atoms with van der Waals surface area (Å²) in [6.45, 7) is 0.351. The molecule has 2 amide bonds. The third-order valence-electron chi connectivity index (χ3n) is 4.12. The first-order valence-electron chi connectivity index (χ1n) is 8.59. The van der Waals surface area contributed by atoms with Crippen molar-refractivity contribution in [1.29, 1.82) is 0 Å². The largest absolute Gasteiger partial charge is 0.493 e. The van der Waals surface area contributed by atoms with Crippen LogP contribution in [0.1, 0.15) is 15.9 Å². The smallest absolute Gasteiger partial charge is 0.253 e. The van der Waals surface area contributed by atoms with E-state index < -0.39 is 0 Å². The van der Waals surface area contributed by atoms with Gasteiger partial charge in [-0.1, -0.05) is 18.2 Å². The van der Waals surface area contributed by atoms with E-state index in [9.17, 15) is 9.59 Å². The van der Waals surface area contributed by atoms with E-state index in [0.29, 0.717) is 23.6 Å². The molecule has 0 radical (unpaired) electrons. The molecule has 0 aliphatic carbocycles. The zero-order chi connectivity index (χ0) is 19.9. The van der Waals surface area contributed by atoms with Crippen molar-refractivity contribution in [2.24, 2.45) is 0 Å². The molecule has 3 N–H and O–H groups in total. The van der Waals surface area contributed by atoms with Crippen LogP contribution < -0.4 is 25.6 Å². The summed E-state index contributed by atoms with van der Waals surface area (Å²) in [6, 6.07) is 12.9. The highest BCUT2D eigenvalue weighted by Gasteiger charge is 2.12. The highest BCUT2D eigenvalue weighted by molar-refractivity contribution is 7.17. The van der Waals surface area contributed by atoms with Crippen LogP contribution in [0.5, 0.6) is 11.5 Å². The fourth-order valence-electron chi connectivity index (χ4n) is 2.69. The van der Waals surface area contributed by atoms with Gasteiger partial charge in [0.15, 0.2) is 11.5 Å². The van der Waals surface area contributed by atoms with Gasteiger partial charge in [0.05, 0.1) is 20.8 Å². The second kappa shape index (κ2) is 9.20. The first-order valence-corrected chi connectivity index (χ1v) is 9.47. The molecule has 0 saturated heterocycles. The summed E-state index contributed by atoms with van der Waals surface area (Å²) in [5.74, 6) is 0.263. The van der Waals surface area contributed by atoms with Crippen molar-refractivity contribution in [2.75, 3.05) is 20.8 Å². The number of hydrogen-bond donors (Lipinski definition) is 3. The van der Waals surface area contributed by atoms with Gasteiger partial charge < -0.3 is 14.8 Å². The second-order valence-electron chi connectivity index (χ2n) is 5.91. The molecular weight excluding hydrogens is 378 g/mol. The number of amides is 2. The summed E-state index contributed by atoms with van der Waals surface area (Å²) in [5.41, 5.74) is 6.97. The van der Waals surface area contributed by atoms with Crippen molar-refractivity contribution >= 4 is 33.2 Å². The van der Waals surface area contributed by atoms with E-state index in [1.165, 1.54) is 18.9 Å². The van der Waals surface area contributed by atoms with Crippen LogP contribution >= 0.6 is 11.3 Å². The monoisotopic (exact) mass is 399 g/mol. The molecule has 8 heteroatoms. The highest BCUT2D eigenvalue weighted by Crippen LogP contribution is 2.27. The van der Waals surface area contributed by atoms with Crippen molar-refractivity contribution < 1.29 is 19.1 Å². The molecule has 7 nitrogen and oxygen atoms in total. The van der Waals surface area contributed by atoms with Gasteiger partial charge >= 0.3 is 0 Å². The van der Waals surface area contributed by atoms with E-state index in [0.717, 1.165) is 10.9 Å². The number of methoxy groups -OCH3 is 2. The van der Waals surface area contributed by atoms with Gasteiger partial charge in [-0.3, -0.25) is 15.0 Å². The van der Waals surface area contributed by atoms with Crippen LogP contribution in [0.3, 0.4) is 0 Å². The molecular formula is C20H21N3O4S. The van der Waals surface area contributed by atoms with E-state index in [-0.39, 0.29) is 18.4 Å². The van der Waals surface area contributed by atoms with Gasteiger partial charge in [-0.05, 0) is 40.6 Å². The molecule has 0 aliphatic rings. The maximum absolute atomic E-state index is 12.2. The lowest BCUT2D eigenvalue weighted by Gasteiger charge is -2.10. The zero-order valence-electron chi connectivity index (χ0n) is 15.6. The average Bonchev–Trinajstić information content (AvgIpc) is 3.14. The Balaban J connectivity index is 1.47. The number of thiophene rings is 1. The fourth-order valence-corrected chi connectivity index (χ4v) is 3.65. The molecule has 0 spiro atoms. The molecule has 3 aromatic rings. The number of ether oxygens (including phenoxy) is 2. The number of carbonyl (C=O) groups excluding carboxylic acids is 2. The van der Waals surface area contributed by atoms with E-state index in [1.54, 1.807) is 29.5 Å². The zero-order valence-corrected chi connectivity index (χ0v) is 16.4. The maximum atomic E-state index is 12.2. The van der Waals surface area contributed by atoms with Crippen LogP contribution in [0.25, 0.3) is 10.1 Å². The van der Waals surface area contributed by atoms with Gasteiger partial charge in [-0.15, -0.1) is 11.3 Å². The van der Waals surface area contributed by atoms with Gasteiger partial charge in [0.1, 0.15) is 0 Å². The van der Waals surface area contributed by atoms with Crippen molar-refractivity contribution in [3.05, 3.63) is 59.0 Å². The molecule has 146 valence electrons. The van der Waals surface area contributed by atoms with Crippen LogP contribution in [-0.2, 0) is 11.3 Å². The topological polar surface area (TPSA) is 88.7 Å². The SMILES string of the molecule is COc1ccc(C(=O)NCC(=O)NNCc2csc3ccccc23)cc1OC. The summed E-state index contributed by atoms with van der Waals surface area (Å²) in [5, 5.41) is 5.80. The first kappa shape index (κ1) is 19.7. The van der Waals surface area contributed by atoms with E-state index in [1.807, 2.05) is 18.2 Å². The summed E-state index contributed by atoms with van der Waals surface area (Å²) in [7, 11) is 3.02. The quantitative estimate of drug-likeness (QED) is 0.507. The number of nitrogens with one attached hydrogen (secondary N) is 3. The number of hydrogen-bond acceptors (Lipinski definition) is 6. The number of rotatable bonds is 8. The number of carbonyl (C=O) groups is 2. The van der Waals surface area contributed by atoms with Crippen LogP contribution in [0, 0.1) is 0 Å². The Morgan fingerprint density at radius 1 is 1.04 bits per heavy atom. The van der Waals surface area contributed by atoms with Crippen molar-refractivity contribution in [2.45, 2.75) is 6.54 Å². The molecule has 0 fully saturated rings. The number of benzene rings is 2. The Bertz CT molecular complexity index is 986. The van der Waals surface area contributed by atoms with Gasteiger partial charge in [0.25, 0.3) is 11.8 Å². The summed E-state index contributed by atoms with van der Waals surface area (Å²) >= 11 is 1.66. The predicted molar refractivity (Wildman–Crippen MR) is 109 cm³/mol. The van der Waals surface area contributed by atoms with Gasteiger partial charge in [-0.2, -0.15) is 0 Å². The lowest BCUT2D eigenvalue weighted by Crippen LogP contribution is -2.43. The minimum absolute atomic E-state index is 0.148. The maximum Gasteiger partial charge on any atom is 0.253 e. The highest BCUT2D eigenvalue weighted by atomic mass is 32.1. The van der Waals surface area contributed by atoms with Gasteiger partial charge in [0.2, 0.25) is 0 Å². The third kappa shape index (κ3) is 4.59. The Kier molecular flexibility index (Phi) is 6.46. The third-order valence-corrected chi connectivity index (χ3v) is 5.14. The molecule has 0 bridgehead atoms. The molecule has 1 aromatic heterocycles. The number of fused-ring (bicyclic) bond motifs is 1. The van der Waals surface area contributed by atoms with Gasteiger partial charge in [-0.25, -0.2) is 5.43 Å². The standard InChI is InChI=1S/C20H21N3O4S/c1-26-16-8-7-13(9-17(16)27-2)20(25)21-11-19(24)23-22-10-14-12-28-18-6-4-3-5-15(14)18/h3-9,12,22H,10-11H2,1-2H3,(H,21,25)(H,23,24).